The third-order valence-corrected chi connectivity index (χ3v) is 4.75. The van der Waals surface area contributed by atoms with E-state index in [2.05, 4.69) is 41.0 Å². The highest BCUT2D eigenvalue weighted by molar-refractivity contribution is 5.93. The summed E-state index contributed by atoms with van der Waals surface area (Å²) in [5, 5.41) is 16.8. The first-order chi connectivity index (χ1) is 13.2. The van der Waals surface area contributed by atoms with E-state index >= 15 is 0 Å². The highest BCUT2D eigenvalue weighted by Gasteiger charge is 2.25. The molecule has 1 amide bonds. The number of nitrogens with zero attached hydrogens (tertiary/aromatic N) is 4. The molecule has 9 heteroatoms. The zero-order chi connectivity index (χ0) is 18.6. The van der Waals surface area contributed by atoms with Gasteiger partial charge in [-0.1, -0.05) is 6.92 Å². The Hall–Kier alpha value is -2.68. The third kappa shape index (κ3) is 4.36. The Kier molecular flexibility index (Phi) is 5.19. The van der Waals surface area contributed by atoms with Gasteiger partial charge in [-0.15, -0.1) is 0 Å². The van der Waals surface area contributed by atoms with Gasteiger partial charge < -0.3 is 20.9 Å². The number of aromatic amines is 1. The number of piperazine rings is 1. The topological polar surface area (TPSA) is 111 Å². The summed E-state index contributed by atoms with van der Waals surface area (Å²) in [6, 6.07) is 3.70. The first-order valence-corrected chi connectivity index (χ1v) is 9.68. The first-order valence-electron chi connectivity index (χ1n) is 9.68. The van der Waals surface area contributed by atoms with Gasteiger partial charge in [0.05, 0.1) is 0 Å². The maximum Gasteiger partial charge on any atom is 0.270 e. The minimum absolute atomic E-state index is 0.181. The maximum atomic E-state index is 12.5. The predicted molar refractivity (Wildman–Crippen MR) is 104 cm³/mol. The highest BCUT2D eigenvalue weighted by atomic mass is 16.1. The average Bonchev–Trinajstić information content (AvgIpc) is 3.46. The molecule has 3 heterocycles. The second kappa shape index (κ2) is 7.91. The van der Waals surface area contributed by atoms with Gasteiger partial charge in [0.25, 0.3) is 5.91 Å². The molecular formula is C18H26N8O. The Morgan fingerprint density at radius 3 is 2.78 bits per heavy atom. The van der Waals surface area contributed by atoms with Crippen LogP contribution in [0.3, 0.4) is 0 Å². The molecule has 0 atom stereocenters. The number of H-pyrrole nitrogens is 1. The number of carbonyl (C=O) groups excluding carboxylic acids is 1. The molecule has 27 heavy (non-hydrogen) atoms. The number of anilines is 3. The third-order valence-electron chi connectivity index (χ3n) is 4.75. The van der Waals surface area contributed by atoms with E-state index in [0.717, 1.165) is 38.3 Å². The molecule has 0 spiro atoms. The van der Waals surface area contributed by atoms with E-state index in [4.69, 9.17) is 0 Å². The van der Waals surface area contributed by atoms with Crippen LogP contribution in [0.1, 0.15) is 48.3 Å². The number of carbonyl (C=O) groups is 1. The minimum Gasteiger partial charge on any atom is -0.351 e. The Morgan fingerprint density at radius 2 is 2.04 bits per heavy atom. The number of hydrogen-bond acceptors (Lipinski definition) is 7. The molecule has 9 nitrogen and oxygen atoms in total. The summed E-state index contributed by atoms with van der Waals surface area (Å²) in [4.78, 5) is 23.7. The summed E-state index contributed by atoms with van der Waals surface area (Å²) in [6.45, 7) is 6.03. The van der Waals surface area contributed by atoms with Crippen LogP contribution in [0.2, 0.25) is 0 Å². The maximum absolute atomic E-state index is 12.5. The summed E-state index contributed by atoms with van der Waals surface area (Å²) < 4.78 is 0. The van der Waals surface area contributed by atoms with Gasteiger partial charge in [0, 0.05) is 56.5 Å². The fourth-order valence-corrected chi connectivity index (χ4v) is 3.09. The van der Waals surface area contributed by atoms with Crippen LogP contribution in [0.4, 0.5) is 17.6 Å². The van der Waals surface area contributed by atoms with Gasteiger partial charge in [0.15, 0.2) is 5.82 Å². The average molecular weight is 370 g/mol. The molecule has 0 radical (unpaired) electrons. The number of rotatable bonds is 7. The lowest BCUT2D eigenvalue weighted by atomic mass is 10.3. The molecule has 0 bridgehead atoms. The molecule has 2 aromatic heterocycles. The monoisotopic (exact) mass is 370 g/mol. The van der Waals surface area contributed by atoms with Crippen LogP contribution in [0.25, 0.3) is 0 Å². The van der Waals surface area contributed by atoms with Gasteiger partial charge in [-0.3, -0.25) is 9.89 Å². The lowest BCUT2D eigenvalue weighted by Crippen LogP contribution is -2.44. The lowest BCUT2D eigenvalue weighted by Gasteiger charge is -2.27. The molecule has 2 fully saturated rings. The summed E-state index contributed by atoms with van der Waals surface area (Å²) in [5.41, 5.74) is 1.52. The van der Waals surface area contributed by atoms with Crippen LogP contribution in [-0.4, -0.2) is 58.8 Å². The lowest BCUT2D eigenvalue weighted by molar-refractivity contribution is 0.0948. The smallest absolute Gasteiger partial charge is 0.270 e. The molecule has 144 valence electrons. The molecule has 4 N–H and O–H groups in total. The normalized spacial score (nSPS) is 17.0. The van der Waals surface area contributed by atoms with E-state index in [1.54, 1.807) is 6.07 Å². The molecule has 0 unspecified atom stereocenters. The highest BCUT2D eigenvalue weighted by Crippen LogP contribution is 2.39. The molecule has 2 aliphatic rings. The number of nitrogens with one attached hydrogen (secondary N) is 4. The number of hydrogen-bond donors (Lipinski definition) is 4. The van der Waals surface area contributed by atoms with Crippen molar-refractivity contribution in [2.24, 2.45) is 0 Å². The van der Waals surface area contributed by atoms with Gasteiger partial charge in [0.1, 0.15) is 11.5 Å². The van der Waals surface area contributed by atoms with E-state index in [0.29, 0.717) is 35.7 Å². The van der Waals surface area contributed by atoms with Gasteiger partial charge in [-0.2, -0.15) is 10.1 Å². The fraction of sp³-hybridized carbons (Fsp3) is 0.556. The Morgan fingerprint density at radius 1 is 1.22 bits per heavy atom. The quantitative estimate of drug-likeness (QED) is 0.582. The second-order valence-electron chi connectivity index (χ2n) is 7.04. The van der Waals surface area contributed by atoms with Crippen LogP contribution in [-0.2, 0) is 0 Å². The fourth-order valence-electron chi connectivity index (χ4n) is 3.09. The number of aromatic nitrogens is 4. The van der Waals surface area contributed by atoms with E-state index < -0.39 is 0 Å². The van der Waals surface area contributed by atoms with E-state index in [1.807, 2.05) is 13.0 Å². The van der Waals surface area contributed by atoms with Crippen molar-refractivity contribution >= 4 is 23.5 Å². The Labute approximate surface area is 158 Å². The van der Waals surface area contributed by atoms with Gasteiger partial charge in [0.2, 0.25) is 5.95 Å². The zero-order valence-electron chi connectivity index (χ0n) is 15.6. The van der Waals surface area contributed by atoms with Crippen molar-refractivity contribution in [2.75, 3.05) is 42.9 Å². The van der Waals surface area contributed by atoms with Crippen LogP contribution in [0.15, 0.2) is 12.1 Å². The molecule has 1 saturated heterocycles. The molecule has 1 aliphatic carbocycles. The minimum atomic E-state index is -0.181. The van der Waals surface area contributed by atoms with E-state index in [-0.39, 0.29) is 5.91 Å². The first kappa shape index (κ1) is 17.7. The van der Waals surface area contributed by atoms with Crippen molar-refractivity contribution in [1.82, 2.24) is 30.8 Å². The summed E-state index contributed by atoms with van der Waals surface area (Å²) in [5.74, 6) is 2.28. The van der Waals surface area contributed by atoms with E-state index in [9.17, 15) is 4.79 Å². The zero-order valence-corrected chi connectivity index (χ0v) is 15.6. The van der Waals surface area contributed by atoms with Gasteiger partial charge in [-0.05, 0) is 19.3 Å². The largest absolute Gasteiger partial charge is 0.351 e. The summed E-state index contributed by atoms with van der Waals surface area (Å²) in [7, 11) is 0. The van der Waals surface area contributed by atoms with Gasteiger partial charge in [-0.25, -0.2) is 4.98 Å². The van der Waals surface area contributed by atoms with Crippen molar-refractivity contribution in [3.05, 3.63) is 23.5 Å². The summed E-state index contributed by atoms with van der Waals surface area (Å²) >= 11 is 0. The molecule has 1 saturated carbocycles. The molecule has 0 aromatic carbocycles. The molecule has 4 rings (SSSR count). The van der Waals surface area contributed by atoms with Crippen molar-refractivity contribution in [3.63, 3.8) is 0 Å². The van der Waals surface area contributed by atoms with Gasteiger partial charge >= 0.3 is 0 Å². The number of amides is 1. The van der Waals surface area contributed by atoms with Crippen LogP contribution < -0.4 is 20.9 Å². The standard InChI is InChI=1S/C18H26N8O/c1-2-5-20-17(27)14-11-15(22-16-10-13(24-25-16)12-3-4-12)23-18(21-14)26-8-6-19-7-9-26/h10-12,19H,2-9H2,1H3,(H,20,27)(H2,21,22,23,24,25). The van der Waals surface area contributed by atoms with Crippen molar-refractivity contribution in [1.29, 1.82) is 0 Å². The van der Waals surface area contributed by atoms with Crippen molar-refractivity contribution < 1.29 is 4.79 Å². The SMILES string of the molecule is CCCNC(=O)c1cc(Nc2cc(C3CC3)[nH]n2)nc(N2CCNCC2)n1. The van der Waals surface area contributed by atoms with E-state index in [1.165, 1.54) is 12.8 Å². The molecular weight excluding hydrogens is 344 g/mol. The predicted octanol–water partition coefficient (Wildman–Crippen LogP) is 1.37. The van der Waals surface area contributed by atoms with Crippen LogP contribution >= 0.6 is 0 Å². The second-order valence-corrected chi connectivity index (χ2v) is 7.04. The van der Waals surface area contributed by atoms with Crippen molar-refractivity contribution in [3.8, 4) is 0 Å². The van der Waals surface area contributed by atoms with Crippen molar-refractivity contribution in [2.45, 2.75) is 32.1 Å². The Balaban J connectivity index is 1.58. The van der Waals surface area contributed by atoms with Crippen LogP contribution in [0, 0.1) is 0 Å². The Bertz CT molecular complexity index is 794. The summed E-state index contributed by atoms with van der Waals surface area (Å²) in [6.07, 6.45) is 3.30. The molecule has 1 aliphatic heterocycles. The molecule has 2 aromatic rings. The van der Waals surface area contributed by atoms with Crippen LogP contribution in [0.5, 0.6) is 0 Å².